The molecule has 2 atom stereocenters. The predicted octanol–water partition coefficient (Wildman–Crippen LogP) is 3.70. The summed E-state index contributed by atoms with van der Waals surface area (Å²) in [6.07, 6.45) is 4.50. The van der Waals surface area contributed by atoms with Crippen LogP contribution in [0.3, 0.4) is 0 Å². The van der Waals surface area contributed by atoms with Crippen LogP contribution >= 0.6 is 12.4 Å². The molecule has 0 spiro atoms. The lowest BCUT2D eigenvalue weighted by molar-refractivity contribution is -0.116. The first kappa shape index (κ1) is 20.7. The van der Waals surface area contributed by atoms with E-state index in [1.807, 2.05) is 6.07 Å². The van der Waals surface area contributed by atoms with Crippen LogP contribution in [-0.4, -0.2) is 31.9 Å². The van der Waals surface area contributed by atoms with E-state index in [1.165, 1.54) is 0 Å². The number of ether oxygens (including phenoxy) is 1. The number of methoxy groups -OCH3 is 1. The summed E-state index contributed by atoms with van der Waals surface area (Å²) in [5, 5.41) is 6.36. The molecule has 2 unspecified atom stereocenters. The average Bonchev–Trinajstić information content (AvgIpc) is 2.59. The van der Waals surface area contributed by atoms with Crippen LogP contribution in [0, 0.1) is 5.92 Å². The van der Waals surface area contributed by atoms with Crippen molar-refractivity contribution < 1.29 is 14.3 Å². The minimum Gasteiger partial charge on any atom is -0.495 e. The van der Waals surface area contributed by atoms with Gasteiger partial charge in [0.1, 0.15) is 5.75 Å². The number of hydrogen-bond acceptors (Lipinski definition) is 4. The summed E-state index contributed by atoms with van der Waals surface area (Å²) < 4.78 is 5.49. The Morgan fingerprint density at radius 3 is 2.81 bits per heavy atom. The normalized spacial score (nSPS) is 21.3. The number of fused-ring (bicyclic) bond motifs is 3. The second-order valence-corrected chi connectivity index (χ2v) is 7.20. The Morgan fingerprint density at radius 1 is 1.35 bits per heavy atom. The van der Waals surface area contributed by atoms with Gasteiger partial charge < -0.3 is 15.4 Å². The molecule has 1 amide bonds. The van der Waals surface area contributed by atoms with Crippen LogP contribution in [0.15, 0.2) is 6.07 Å². The van der Waals surface area contributed by atoms with Gasteiger partial charge in [-0.25, -0.2) is 0 Å². The zero-order valence-corrected chi connectivity index (χ0v) is 16.6. The van der Waals surface area contributed by atoms with Gasteiger partial charge in [-0.05, 0) is 48.9 Å². The number of carbonyl (C=O) groups excluding carboxylic acids is 2. The van der Waals surface area contributed by atoms with Gasteiger partial charge in [-0.15, -0.1) is 12.4 Å². The lowest BCUT2D eigenvalue weighted by Gasteiger charge is -2.32. The monoisotopic (exact) mass is 380 g/mol. The van der Waals surface area contributed by atoms with Crippen LogP contribution in [0.1, 0.15) is 66.9 Å². The fraction of sp³-hybridized carbons (Fsp3) is 0.600. The Labute approximate surface area is 161 Å². The SMILES string of the molecule is CCCCNCC1CCc2c(cc(OC)c3c2C(C)CC(=O)N3)C1=O.Cl. The van der Waals surface area contributed by atoms with Crippen LogP contribution in [0.5, 0.6) is 5.75 Å². The second kappa shape index (κ2) is 8.87. The molecule has 6 heteroatoms. The third kappa shape index (κ3) is 3.89. The average molecular weight is 381 g/mol. The van der Waals surface area contributed by atoms with E-state index in [4.69, 9.17) is 4.74 Å². The highest BCUT2D eigenvalue weighted by molar-refractivity contribution is 6.04. The van der Waals surface area contributed by atoms with Gasteiger partial charge in [0.2, 0.25) is 5.91 Å². The summed E-state index contributed by atoms with van der Waals surface area (Å²) in [5.41, 5.74) is 3.75. The third-order valence-electron chi connectivity index (χ3n) is 5.39. The predicted molar refractivity (Wildman–Crippen MR) is 106 cm³/mol. The highest BCUT2D eigenvalue weighted by Gasteiger charge is 2.35. The van der Waals surface area contributed by atoms with Crippen molar-refractivity contribution in [1.82, 2.24) is 5.32 Å². The van der Waals surface area contributed by atoms with Gasteiger partial charge in [-0.2, -0.15) is 0 Å². The molecular weight excluding hydrogens is 352 g/mol. The van der Waals surface area contributed by atoms with Gasteiger partial charge in [0.15, 0.2) is 5.78 Å². The van der Waals surface area contributed by atoms with Crippen LogP contribution in [-0.2, 0) is 11.2 Å². The fourth-order valence-electron chi connectivity index (χ4n) is 4.06. The highest BCUT2D eigenvalue weighted by atomic mass is 35.5. The summed E-state index contributed by atoms with van der Waals surface area (Å²) in [6.45, 7) is 5.92. The van der Waals surface area contributed by atoms with Crippen molar-refractivity contribution in [3.05, 3.63) is 22.8 Å². The lowest BCUT2D eigenvalue weighted by Crippen LogP contribution is -2.34. The van der Waals surface area contributed by atoms with Crippen molar-refractivity contribution in [1.29, 1.82) is 0 Å². The van der Waals surface area contributed by atoms with E-state index in [0.29, 0.717) is 12.2 Å². The first-order valence-corrected chi connectivity index (χ1v) is 9.35. The number of halogens is 1. The van der Waals surface area contributed by atoms with E-state index in [0.717, 1.165) is 61.2 Å². The van der Waals surface area contributed by atoms with Gasteiger partial charge >= 0.3 is 0 Å². The number of unbranched alkanes of at least 4 members (excludes halogenated alkanes) is 1. The molecule has 0 saturated carbocycles. The van der Waals surface area contributed by atoms with Crippen LogP contribution in [0.25, 0.3) is 0 Å². The van der Waals surface area contributed by atoms with E-state index >= 15 is 0 Å². The Hall–Kier alpha value is -1.59. The molecule has 1 aliphatic carbocycles. The standard InChI is InChI=1S/C20H28N2O3.ClH/c1-4-5-8-21-11-13-6-7-14-15(20(13)24)10-16(25-3)19-18(14)12(2)9-17(23)22-19;/h10,12-13,21H,4-9,11H2,1-3H3,(H,22,23);1H. The zero-order valence-electron chi connectivity index (χ0n) is 15.8. The molecular formula is C20H29ClN2O3. The molecule has 144 valence electrons. The Kier molecular flexibility index (Phi) is 7.07. The molecule has 3 rings (SSSR count). The molecule has 5 nitrogen and oxygen atoms in total. The first-order chi connectivity index (χ1) is 12.1. The maximum absolute atomic E-state index is 13.0. The number of Topliss-reactive ketones (excluding diaryl/α,β-unsaturated/α-hetero) is 1. The summed E-state index contributed by atoms with van der Waals surface area (Å²) in [7, 11) is 1.59. The number of nitrogens with one attached hydrogen (secondary N) is 2. The smallest absolute Gasteiger partial charge is 0.225 e. The van der Waals surface area contributed by atoms with E-state index in [9.17, 15) is 9.59 Å². The van der Waals surface area contributed by atoms with Crippen molar-refractivity contribution in [2.45, 2.75) is 51.9 Å². The second-order valence-electron chi connectivity index (χ2n) is 7.20. The van der Waals surface area contributed by atoms with Crippen molar-refractivity contribution in [2.75, 3.05) is 25.5 Å². The summed E-state index contributed by atoms with van der Waals surface area (Å²) in [6, 6.07) is 1.83. The minimum atomic E-state index is 0. The van der Waals surface area contributed by atoms with E-state index in [2.05, 4.69) is 24.5 Å². The Morgan fingerprint density at radius 2 is 2.12 bits per heavy atom. The molecule has 0 fully saturated rings. The van der Waals surface area contributed by atoms with Crippen LogP contribution < -0.4 is 15.4 Å². The quantitative estimate of drug-likeness (QED) is 0.738. The van der Waals surface area contributed by atoms with Gasteiger partial charge in [0.05, 0.1) is 12.8 Å². The Balaban J connectivity index is 0.00000243. The van der Waals surface area contributed by atoms with Gasteiger partial charge in [0.25, 0.3) is 0 Å². The maximum atomic E-state index is 13.0. The number of rotatable bonds is 6. The molecule has 1 aromatic rings. The molecule has 2 aliphatic rings. The molecule has 0 bridgehead atoms. The van der Waals surface area contributed by atoms with E-state index < -0.39 is 0 Å². The van der Waals surface area contributed by atoms with Gasteiger partial charge in [-0.1, -0.05) is 20.3 Å². The fourth-order valence-corrected chi connectivity index (χ4v) is 4.06. The molecule has 2 N–H and O–H groups in total. The van der Waals surface area contributed by atoms with Crippen LogP contribution in [0.2, 0.25) is 0 Å². The number of amides is 1. The first-order valence-electron chi connectivity index (χ1n) is 9.35. The molecule has 1 aromatic carbocycles. The van der Waals surface area contributed by atoms with E-state index in [-0.39, 0.29) is 35.9 Å². The summed E-state index contributed by atoms with van der Waals surface area (Å²) >= 11 is 0. The largest absolute Gasteiger partial charge is 0.495 e. The Bertz CT molecular complexity index is 690. The number of benzene rings is 1. The molecule has 26 heavy (non-hydrogen) atoms. The van der Waals surface area contributed by atoms with Crippen molar-refractivity contribution >= 4 is 29.8 Å². The molecule has 1 heterocycles. The topological polar surface area (TPSA) is 67.4 Å². The molecule has 0 radical (unpaired) electrons. The number of hydrogen-bond donors (Lipinski definition) is 2. The van der Waals surface area contributed by atoms with Crippen molar-refractivity contribution in [2.24, 2.45) is 5.92 Å². The molecule has 0 aromatic heterocycles. The minimum absolute atomic E-state index is 0. The van der Waals surface area contributed by atoms with E-state index in [1.54, 1.807) is 7.11 Å². The van der Waals surface area contributed by atoms with Crippen LogP contribution in [0.4, 0.5) is 5.69 Å². The van der Waals surface area contributed by atoms with Gasteiger partial charge in [-0.3, -0.25) is 9.59 Å². The summed E-state index contributed by atoms with van der Waals surface area (Å²) in [4.78, 5) is 24.9. The van der Waals surface area contributed by atoms with Crippen molar-refractivity contribution in [3.63, 3.8) is 0 Å². The number of ketones is 1. The lowest BCUT2D eigenvalue weighted by atomic mass is 9.76. The third-order valence-corrected chi connectivity index (χ3v) is 5.39. The number of anilines is 1. The molecule has 0 saturated heterocycles. The zero-order chi connectivity index (χ0) is 18.0. The maximum Gasteiger partial charge on any atom is 0.225 e. The summed E-state index contributed by atoms with van der Waals surface area (Å²) in [5.74, 6) is 0.954. The highest BCUT2D eigenvalue weighted by Crippen LogP contribution is 2.45. The molecule has 1 aliphatic heterocycles. The van der Waals surface area contributed by atoms with Crippen molar-refractivity contribution in [3.8, 4) is 5.75 Å². The van der Waals surface area contributed by atoms with Gasteiger partial charge in [0, 0.05) is 24.4 Å². The number of carbonyl (C=O) groups is 2.